The predicted octanol–water partition coefficient (Wildman–Crippen LogP) is 5.33. The SMILES string of the molecule is CC(Cc1ccccc1)NC(=O)c1cccc2[nH]ccc12.O=CNc1cccc2cnccc12. The molecule has 0 aliphatic rings. The summed E-state index contributed by atoms with van der Waals surface area (Å²) in [4.78, 5) is 29.8. The van der Waals surface area contributed by atoms with Gasteiger partial charge in [0.25, 0.3) is 5.91 Å². The smallest absolute Gasteiger partial charge is 0.252 e. The molecule has 0 bridgehead atoms. The number of H-pyrrole nitrogens is 1. The number of aromatic amines is 1. The van der Waals surface area contributed by atoms with Gasteiger partial charge in [0.2, 0.25) is 6.41 Å². The van der Waals surface area contributed by atoms with Gasteiger partial charge >= 0.3 is 0 Å². The van der Waals surface area contributed by atoms with Gasteiger partial charge in [-0.3, -0.25) is 14.6 Å². The molecule has 5 rings (SSSR count). The molecule has 0 saturated heterocycles. The largest absolute Gasteiger partial charge is 0.361 e. The number of carbonyl (C=O) groups is 2. The average molecular weight is 451 g/mol. The summed E-state index contributed by atoms with van der Waals surface area (Å²) in [5.41, 5.74) is 3.74. The van der Waals surface area contributed by atoms with Crippen molar-refractivity contribution in [2.45, 2.75) is 19.4 Å². The van der Waals surface area contributed by atoms with Crippen molar-refractivity contribution in [2.24, 2.45) is 0 Å². The molecule has 0 aliphatic heterocycles. The van der Waals surface area contributed by atoms with Crippen LogP contribution in [-0.2, 0) is 11.2 Å². The van der Waals surface area contributed by atoms with Gasteiger partial charge in [0.05, 0.1) is 0 Å². The third-order valence-corrected chi connectivity index (χ3v) is 5.50. The topological polar surface area (TPSA) is 86.9 Å². The molecule has 170 valence electrons. The van der Waals surface area contributed by atoms with Crippen LogP contribution in [0.5, 0.6) is 0 Å². The number of hydrogen-bond donors (Lipinski definition) is 3. The normalized spacial score (nSPS) is 11.3. The van der Waals surface area contributed by atoms with Crippen LogP contribution >= 0.6 is 0 Å². The van der Waals surface area contributed by atoms with Gasteiger partial charge in [-0.05, 0) is 49.2 Å². The summed E-state index contributed by atoms with van der Waals surface area (Å²) in [6, 6.07) is 25.5. The van der Waals surface area contributed by atoms with Gasteiger partial charge in [0.15, 0.2) is 0 Å². The molecule has 1 atom stereocenters. The van der Waals surface area contributed by atoms with Crippen LogP contribution in [0.4, 0.5) is 5.69 Å². The van der Waals surface area contributed by atoms with Gasteiger partial charge in [0.1, 0.15) is 0 Å². The summed E-state index contributed by atoms with van der Waals surface area (Å²) in [5.74, 6) is -0.0244. The Morgan fingerprint density at radius 2 is 1.79 bits per heavy atom. The van der Waals surface area contributed by atoms with Crippen molar-refractivity contribution in [3.8, 4) is 0 Å². The quantitative estimate of drug-likeness (QED) is 0.306. The first kappa shape index (κ1) is 22.7. The molecule has 34 heavy (non-hydrogen) atoms. The van der Waals surface area contributed by atoms with Crippen LogP contribution in [0.15, 0.2) is 97.5 Å². The highest BCUT2D eigenvalue weighted by Crippen LogP contribution is 2.21. The number of aromatic nitrogens is 2. The summed E-state index contributed by atoms with van der Waals surface area (Å²) in [5, 5.41) is 8.70. The Morgan fingerprint density at radius 3 is 2.62 bits per heavy atom. The Morgan fingerprint density at radius 1 is 0.971 bits per heavy atom. The van der Waals surface area contributed by atoms with E-state index in [-0.39, 0.29) is 11.9 Å². The fraction of sp³-hybridized carbons (Fsp3) is 0.107. The number of amides is 2. The lowest BCUT2D eigenvalue weighted by Gasteiger charge is -2.14. The number of hydrogen-bond acceptors (Lipinski definition) is 3. The molecule has 0 aliphatic carbocycles. The van der Waals surface area contributed by atoms with Crippen molar-refractivity contribution in [1.29, 1.82) is 0 Å². The number of anilines is 1. The number of nitrogens with one attached hydrogen (secondary N) is 3. The Labute approximate surface area is 198 Å². The van der Waals surface area contributed by atoms with Crippen molar-refractivity contribution >= 4 is 39.7 Å². The maximum absolute atomic E-state index is 12.4. The molecular weight excluding hydrogens is 424 g/mol. The first-order valence-corrected chi connectivity index (χ1v) is 11.1. The maximum Gasteiger partial charge on any atom is 0.252 e. The van der Waals surface area contributed by atoms with Gasteiger partial charge in [0, 0.05) is 57.6 Å². The van der Waals surface area contributed by atoms with E-state index in [4.69, 9.17) is 0 Å². The van der Waals surface area contributed by atoms with Gasteiger partial charge in [-0.15, -0.1) is 0 Å². The minimum Gasteiger partial charge on any atom is -0.361 e. The van der Waals surface area contributed by atoms with Gasteiger partial charge in [-0.1, -0.05) is 48.5 Å². The Bertz CT molecular complexity index is 1390. The highest BCUT2D eigenvalue weighted by atomic mass is 16.1. The molecule has 0 radical (unpaired) electrons. The van der Waals surface area contributed by atoms with Crippen molar-refractivity contribution in [2.75, 3.05) is 5.32 Å². The molecule has 6 heteroatoms. The summed E-state index contributed by atoms with van der Waals surface area (Å²) in [6.07, 6.45) is 6.84. The van der Waals surface area contributed by atoms with Crippen molar-refractivity contribution in [3.05, 3.63) is 109 Å². The van der Waals surface area contributed by atoms with E-state index in [2.05, 4.69) is 32.7 Å². The van der Waals surface area contributed by atoms with E-state index in [9.17, 15) is 9.59 Å². The fourth-order valence-corrected chi connectivity index (χ4v) is 3.92. The first-order chi connectivity index (χ1) is 16.7. The minimum atomic E-state index is -0.0244. The second-order valence-corrected chi connectivity index (χ2v) is 7.97. The van der Waals surface area contributed by atoms with Crippen molar-refractivity contribution < 1.29 is 9.59 Å². The van der Waals surface area contributed by atoms with E-state index in [1.54, 1.807) is 12.4 Å². The second kappa shape index (κ2) is 10.9. The third kappa shape index (κ3) is 5.48. The van der Waals surface area contributed by atoms with E-state index in [0.717, 1.165) is 33.8 Å². The van der Waals surface area contributed by atoms with E-state index in [1.807, 2.05) is 79.9 Å². The number of fused-ring (bicyclic) bond motifs is 2. The average Bonchev–Trinajstić information content (AvgIpc) is 3.34. The molecule has 3 aromatic carbocycles. The predicted molar refractivity (Wildman–Crippen MR) is 137 cm³/mol. The van der Waals surface area contributed by atoms with Gasteiger partial charge in [-0.2, -0.15) is 0 Å². The minimum absolute atomic E-state index is 0.0244. The first-order valence-electron chi connectivity index (χ1n) is 11.1. The van der Waals surface area contributed by atoms with Crippen LogP contribution < -0.4 is 10.6 Å². The molecule has 0 spiro atoms. The summed E-state index contributed by atoms with van der Waals surface area (Å²) in [6.45, 7) is 2.03. The molecule has 6 nitrogen and oxygen atoms in total. The molecule has 2 amide bonds. The van der Waals surface area contributed by atoms with E-state index >= 15 is 0 Å². The van der Waals surface area contributed by atoms with Crippen LogP contribution in [0.2, 0.25) is 0 Å². The Balaban J connectivity index is 0.000000180. The zero-order valence-corrected chi connectivity index (χ0v) is 18.9. The number of rotatable bonds is 6. The summed E-state index contributed by atoms with van der Waals surface area (Å²) in [7, 11) is 0. The zero-order valence-electron chi connectivity index (χ0n) is 18.9. The highest BCUT2D eigenvalue weighted by molar-refractivity contribution is 6.06. The molecule has 0 fully saturated rings. The summed E-state index contributed by atoms with van der Waals surface area (Å²) >= 11 is 0. The number of benzene rings is 3. The fourth-order valence-electron chi connectivity index (χ4n) is 3.92. The molecule has 0 saturated carbocycles. The van der Waals surface area contributed by atoms with Crippen LogP contribution in [-0.4, -0.2) is 28.3 Å². The molecule has 1 unspecified atom stereocenters. The third-order valence-electron chi connectivity index (χ3n) is 5.50. The summed E-state index contributed by atoms with van der Waals surface area (Å²) < 4.78 is 0. The van der Waals surface area contributed by atoms with Gasteiger partial charge in [-0.25, -0.2) is 0 Å². The van der Waals surface area contributed by atoms with E-state index in [1.165, 1.54) is 5.56 Å². The molecule has 3 N–H and O–H groups in total. The van der Waals surface area contributed by atoms with Gasteiger partial charge < -0.3 is 15.6 Å². The lowest BCUT2D eigenvalue weighted by atomic mass is 10.1. The van der Waals surface area contributed by atoms with E-state index in [0.29, 0.717) is 12.0 Å². The van der Waals surface area contributed by atoms with Crippen LogP contribution in [0, 0.1) is 0 Å². The monoisotopic (exact) mass is 450 g/mol. The van der Waals surface area contributed by atoms with Crippen LogP contribution in [0.1, 0.15) is 22.8 Å². The van der Waals surface area contributed by atoms with Crippen molar-refractivity contribution in [3.63, 3.8) is 0 Å². The number of carbonyl (C=O) groups excluding carboxylic acids is 2. The second-order valence-electron chi connectivity index (χ2n) is 7.97. The van der Waals surface area contributed by atoms with Crippen LogP contribution in [0.25, 0.3) is 21.7 Å². The molecule has 5 aromatic rings. The Kier molecular flexibility index (Phi) is 7.30. The lowest BCUT2D eigenvalue weighted by Crippen LogP contribution is -2.34. The van der Waals surface area contributed by atoms with Crippen LogP contribution in [0.3, 0.4) is 0 Å². The number of pyridine rings is 1. The number of nitrogens with zero attached hydrogens (tertiary/aromatic N) is 1. The molecule has 2 aromatic heterocycles. The Hall–Kier alpha value is -4.45. The zero-order chi connectivity index (χ0) is 23.8. The standard InChI is InChI=1S/C18H18N2O.C10H8N2O/c1-13(12-14-6-3-2-4-7-14)20-18(21)16-8-5-9-17-15(16)10-11-19-17;13-7-12-10-3-1-2-8-6-11-5-4-9(8)10/h2-11,13,19H,12H2,1H3,(H,20,21);1-7H,(H,12,13). The van der Waals surface area contributed by atoms with E-state index < -0.39 is 0 Å². The lowest BCUT2D eigenvalue weighted by molar-refractivity contribution is -0.105. The molecule has 2 heterocycles. The highest BCUT2D eigenvalue weighted by Gasteiger charge is 2.13. The maximum atomic E-state index is 12.4. The van der Waals surface area contributed by atoms with Crippen molar-refractivity contribution in [1.82, 2.24) is 15.3 Å². The molecular formula is C28H26N4O2.